The van der Waals surface area contributed by atoms with Crippen LogP contribution in [0.2, 0.25) is 0 Å². The van der Waals surface area contributed by atoms with Gasteiger partial charge in [0.1, 0.15) is 0 Å². The lowest BCUT2D eigenvalue weighted by Gasteiger charge is -2.29. The second-order valence-electron chi connectivity index (χ2n) is 14.1. The van der Waals surface area contributed by atoms with Crippen LogP contribution < -0.4 is 4.90 Å². The van der Waals surface area contributed by atoms with E-state index in [-0.39, 0.29) is 0 Å². The van der Waals surface area contributed by atoms with Crippen molar-refractivity contribution in [3.63, 3.8) is 0 Å². The molecule has 0 saturated carbocycles. The van der Waals surface area contributed by atoms with Gasteiger partial charge in [-0.1, -0.05) is 146 Å². The lowest BCUT2D eigenvalue weighted by atomic mass is 9.95. The molecule has 0 fully saturated rings. The third kappa shape index (κ3) is 5.43. The number of thiophene rings is 2. The summed E-state index contributed by atoms with van der Waals surface area (Å²) >= 11 is 3.74. The zero-order chi connectivity index (χ0) is 36.3. The van der Waals surface area contributed by atoms with Crippen LogP contribution in [0.5, 0.6) is 0 Å². The molecule has 0 spiro atoms. The highest BCUT2D eigenvalue weighted by atomic mass is 32.1. The first-order valence-corrected chi connectivity index (χ1v) is 20.3. The van der Waals surface area contributed by atoms with Crippen molar-refractivity contribution in [1.82, 2.24) is 0 Å². The van der Waals surface area contributed by atoms with Crippen LogP contribution >= 0.6 is 22.7 Å². The minimum Gasteiger partial charge on any atom is -0.310 e. The van der Waals surface area contributed by atoms with Crippen molar-refractivity contribution in [2.24, 2.45) is 0 Å². The predicted octanol–water partition coefficient (Wildman–Crippen LogP) is 16.0. The van der Waals surface area contributed by atoms with Gasteiger partial charge in [0.2, 0.25) is 0 Å². The maximum atomic E-state index is 2.44. The fourth-order valence-corrected chi connectivity index (χ4v) is 10.6. The van der Waals surface area contributed by atoms with Crippen LogP contribution in [0.4, 0.5) is 17.1 Å². The van der Waals surface area contributed by atoms with E-state index in [1.165, 1.54) is 84.5 Å². The summed E-state index contributed by atoms with van der Waals surface area (Å²) in [6.45, 7) is 0. The molecule has 0 bridgehead atoms. The van der Waals surface area contributed by atoms with Crippen molar-refractivity contribution in [3.8, 4) is 33.4 Å². The smallest absolute Gasteiger partial charge is 0.0540 e. The molecular formula is C52H33NS2. The minimum atomic E-state index is 1.11. The summed E-state index contributed by atoms with van der Waals surface area (Å²) in [5, 5.41) is 7.75. The molecule has 0 unspecified atom stereocenters. The summed E-state index contributed by atoms with van der Waals surface area (Å²) in [6, 6.07) is 73.5. The Hall–Kier alpha value is -6.52. The largest absolute Gasteiger partial charge is 0.310 e. The van der Waals surface area contributed by atoms with Crippen LogP contribution in [0.15, 0.2) is 200 Å². The summed E-state index contributed by atoms with van der Waals surface area (Å²) in [5.41, 5.74) is 10.7. The van der Waals surface area contributed by atoms with Crippen molar-refractivity contribution >= 4 is 90.9 Å². The van der Waals surface area contributed by atoms with Crippen molar-refractivity contribution in [1.29, 1.82) is 0 Å². The van der Waals surface area contributed by atoms with E-state index in [2.05, 4.69) is 205 Å². The maximum Gasteiger partial charge on any atom is 0.0540 e. The normalized spacial score (nSPS) is 11.6. The van der Waals surface area contributed by atoms with E-state index in [0.717, 1.165) is 17.1 Å². The standard InChI is InChI=1S/C52H33NS2/c1-2-16-40-35(12-1)13-10-21-42(40)43-17-3-6-23-48(43)53(38-29-26-34(27-30-38)36-28-31-51-47(33-36)45-19-5-7-24-49(45)54-51)39-15-9-14-37(32-39)41-20-11-22-46-44-18-4-8-25-50(44)55-52(41)46/h1-33H. The van der Waals surface area contributed by atoms with Gasteiger partial charge >= 0.3 is 0 Å². The molecule has 258 valence electrons. The second-order valence-corrected chi connectivity index (χ2v) is 16.2. The van der Waals surface area contributed by atoms with E-state index in [1.807, 2.05) is 22.7 Å². The Kier molecular flexibility index (Phi) is 7.61. The SMILES string of the molecule is c1cc(-c2cccc3c2sc2ccccc23)cc(N(c2ccc(-c3ccc4sc5ccccc5c4c3)cc2)c2ccccc2-c2cccc3ccccc23)c1. The summed E-state index contributed by atoms with van der Waals surface area (Å²) in [5.74, 6) is 0. The minimum absolute atomic E-state index is 1.11. The number of benzene rings is 9. The van der Waals surface area contributed by atoms with Gasteiger partial charge in [-0.3, -0.25) is 0 Å². The number of nitrogens with zero attached hydrogens (tertiary/aromatic N) is 1. The Labute approximate surface area is 327 Å². The molecule has 2 aromatic heterocycles. The number of fused-ring (bicyclic) bond motifs is 7. The average molecular weight is 736 g/mol. The molecule has 3 heteroatoms. The summed E-state index contributed by atoms with van der Waals surface area (Å²) < 4.78 is 5.29. The summed E-state index contributed by atoms with van der Waals surface area (Å²) in [6.07, 6.45) is 0. The second kappa shape index (κ2) is 13.1. The predicted molar refractivity (Wildman–Crippen MR) is 241 cm³/mol. The van der Waals surface area contributed by atoms with E-state index in [4.69, 9.17) is 0 Å². The molecule has 55 heavy (non-hydrogen) atoms. The molecule has 0 aliphatic rings. The molecule has 0 radical (unpaired) electrons. The fraction of sp³-hybridized carbons (Fsp3) is 0. The molecule has 0 aliphatic heterocycles. The van der Waals surface area contributed by atoms with Crippen LogP contribution in [0.3, 0.4) is 0 Å². The lowest BCUT2D eigenvalue weighted by molar-refractivity contribution is 1.28. The van der Waals surface area contributed by atoms with E-state index >= 15 is 0 Å². The van der Waals surface area contributed by atoms with Crippen LogP contribution in [-0.2, 0) is 0 Å². The molecule has 0 amide bonds. The van der Waals surface area contributed by atoms with Crippen LogP contribution in [0.25, 0.3) is 84.5 Å². The first kappa shape index (κ1) is 32.0. The number of para-hydroxylation sites is 1. The number of anilines is 3. The molecular weight excluding hydrogens is 703 g/mol. The van der Waals surface area contributed by atoms with Crippen molar-refractivity contribution in [2.45, 2.75) is 0 Å². The quantitative estimate of drug-likeness (QED) is 0.164. The van der Waals surface area contributed by atoms with E-state index in [9.17, 15) is 0 Å². The monoisotopic (exact) mass is 735 g/mol. The highest BCUT2D eigenvalue weighted by molar-refractivity contribution is 7.26. The van der Waals surface area contributed by atoms with Crippen molar-refractivity contribution in [3.05, 3.63) is 200 Å². The molecule has 11 rings (SSSR count). The third-order valence-electron chi connectivity index (χ3n) is 10.9. The van der Waals surface area contributed by atoms with Gasteiger partial charge in [0.15, 0.2) is 0 Å². The van der Waals surface area contributed by atoms with Gasteiger partial charge in [0, 0.05) is 57.3 Å². The lowest BCUT2D eigenvalue weighted by Crippen LogP contribution is -2.11. The highest BCUT2D eigenvalue weighted by Gasteiger charge is 2.20. The van der Waals surface area contributed by atoms with Crippen molar-refractivity contribution in [2.75, 3.05) is 4.90 Å². The van der Waals surface area contributed by atoms with Gasteiger partial charge in [-0.05, 0) is 93.2 Å². The van der Waals surface area contributed by atoms with Crippen LogP contribution in [-0.4, -0.2) is 0 Å². The Morgan fingerprint density at radius 3 is 1.78 bits per heavy atom. The van der Waals surface area contributed by atoms with Gasteiger partial charge in [-0.2, -0.15) is 0 Å². The molecule has 0 N–H and O–H groups in total. The van der Waals surface area contributed by atoms with Crippen LogP contribution in [0, 0.1) is 0 Å². The molecule has 11 aromatic rings. The summed E-state index contributed by atoms with van der Waals surface area (Å²) in [4.78, 5) is 2.44. The molecule has 0 aliphatic carbocycles. The molecule has 9 aromatic carbocycles. The first-order chi connectivity index (χ1) is 27.3. The third-order valence-corrected chi connectivity index (χ3v) is 13.3. The Morgan fingerprint density at radius 2 is 0.909 bits per heavy atom. The zero-order valence-corrected chi connectivity index (χ0v) is 31.4. The summed E-state index contributed by atoms with van der Waals surface area (Å²) in [7, 11) is 0. The van der Waals surface area contributed by atoms with E-state index in [0.29, 0.717) is 0 Å². The van der Waals surface area contributed by atoms with Gasteiger partial charge in [-0.15, -0.1) is 22.7 Å². The first-order valence-electron chi connectivity index (χ1n) is 18.7. The maximum absolute atomic E-state index is 2.44. The number of rotatable bonds is 6. The zero-order valence-electron chi connectivity index (χ0n) is 29.8. The van der Waals surface area contributed by atoms with Gasteiger partial charge < -0.3 is 4.90 Å². The van der Waals surface area contributed by atoms with Crippen LogP contribution in [0.1, 0.15) is 0 Å². The highest BCUT2D eigenvalue weighted by Crippen LogP contribution is 2.46. The number of hydrogen-bond donors (Lipinski definition) is 0. The van der Waals surface area contributed by atoms with E-state index < -0.39 is 0 Å². The molecule has 2 heterocycles. The van der Waals surface area contributed by atoms with Gasteiger partial charge in [0.05, 0.1) is 5.69 Å². The number of hydrogen-bond acceptors (Lipinski definition) is 3. The fourth-order valence-electron chi connectivity index (χ4n) is 8.28. The molecule has 0 atom stereocenters. The topological polar surface area (TPSA) is 3.24 Å². The molecule has 1 nitrogen and oxygen atoms in total. The average Bonchev–Trinajstić information content (AvgIpc) is 3.82. The van der Waals surface area contributed by atoms with E-state index in [1.54, 1.807) is 0 Å². The van der Waals surface area contributed by atoms with Gasteiger partial charge in [0.25, 0.3) is 0 Å². The van der Waals surface area contributed by atoms with Gasteiger partial charge in [-0.25, -0.2) is 0 Å². The van der Waals surface area contributed by atoms with Crippen molar-refractivity contribution < 1.29 is 0 Å². The Bertz CT molecular complexity index is 3220. The Morgan fingerprint density at radius 1 is 0.309 bits per heavy atom. The Balaban J connectivity index is 1.08. The molecule has 0 saturated heterocycles.